The molecular formula is C25H18ClN3O6S. The van der Waals surface area contributed by atoms with E-state index in [4.69, 9.17) is 16.3 Å². The Balaban J connectivity index is 1.38. The molecule has 1 aliphatic heterocycles. The SMILES string of the molecule is O=C(COc1cccc(/C=C2\SC(=O)N(Cc3ccc([N+](=O)[O-])cc3)C2=O)c1)Nc1ccc(Cl)cc1. The van der Waals surface area contributed by atoms with Crippen LogP contribution in [0.5, 0.6) is 5.75 Å². The van der Waals surface area contributed by atoms with E-state index in [1.54, 1.807) is 54.6 Å². The van der Waals surface area contributed by atoms with Gasteiger partial charge in [0.25, 0.3) is 22.7 Å². The zero-order chi connectivity index (χ0) is 25.7. The number of nitrogens with one attached hydrogen (secondary N) is 1. The third-order valence-corrected chi connectivity index (χ3v) is 6.17. The molecule has 1 aliphatic rings. The number of thioether (sulfide) groups is 1. The summed E-state index contributed by atoms with van der Waals surface area (Å²) >= 11 is 6.64. The largest absolute Gasteiger partial charge is 0.484 e. The normalized spacial score (nSPS) is 14.2. The number of nitro groups is 1. The lowest BCUT2D eigenvalue weighted by Gasteiger charge is -2.12. The maximum Gasteiger partial charge on any atom is 0.293 e. The van der Waals surface area contributed by atoms with Crippen LogP contribution in [0.25, 0.3) is 6.08 Å². The van der Waals surface area contributed by atoms with Crippen molar-refractivity contribution in [3.8, 4) is 5.75 Å². The number of amides is 3. The van der Waals surface area contributed by atoms with E-state index in [0.717, 1.165) is 16.7 Å². The number of nitrogens with zero attached hydrogens (tertiary/aromatic N) is 2. The van der Waals surface area contributed by atoms with Crippen molar-refractivity contribution in [2.45, 2.75) is 6.54 Å². The lowest BCUT2D eigenvalue weighted by atomic mass is 10.2. The van der Waals surface area contributed by atoms with Crippen molar-refractivity contribution in [1.29, 1.82) is 0 Å². The van der Waals surface area contributed by atoms with E-state index in [1.165, 1.54) is 24.3 Å². The van der Waals surface area contributed by atoms with E-state index in [9.17, 15) is 24.5 Å². The van der Waals surface area contributed by atoms with Crippen LogP contribution in [0, 0.1) is 10.1 Å². The molecule has 3 aromatic carbocycles. The molecular weight excluding hydrogens is 506 g/mol. The summed E-state index contributed by atoms with van der Waals surface area (Å²) in [6, 6.07) is 19.1. The summed E-state index contributed by atoms with van der Waals surface area (Å²) in [4.78, 5) is 49.0. The molecule has 1 N–H and O–H groups in total. The molecule has 0 unspecified atom stereocenters. The average molecular weight is 524 g/mol. The second-order valence-corrected chi connectivity index (χ2v) is 9.04. The number of halogens is 1. The third-order valence-electron chi connectivity index (χ3n) is 5.02. The van der Waals surface area contributed by atoms with Crippen molar-refractivity contribution in [3.63, 3.8) is 0 Å². The van der Waals surface area contributed by atoms with Crippen LogP contribution >= 0.6 is 23.4 Å². The summed E-state index contributed by atoms with van der Waals surface area (Å²) in [6.07, 6.45) is 1.57. The number of benzene rings is 3. The highest BCUT2D eigenvalue weighted by Gasteiger charge is 2.35. The highest BCUT2D eigenvalue weighted by molar-refractivity contribution is 8.18. The molecule has 4 rings (SSSR count). The monoisotopic (exact) mass is 523 g/mol. The van der Waals surface area contributed by atoms with E-state index in [1.807, 2.05) is 0 Å². The Labute approximate surface area is 214 Å². The quantitative estimate of drug-likeness (QED) is 0.235. The first kappa shape index (κ1) is 25.0. The van der Waals surface area contributed by atoms with Crippen LogP contribution < -0.4 is 10.1 Å². The topological polar surface area (TPSA) is 119 Å². The molecule has 0 spiro atoms. The minimum absolute atomic E-state index is 0.00584. The number of nitro benzene ring substituents is 1. The summed E-state index contributed by atoms with van der Waals surface area (Å²) < 4.78 is 5.56. The summed E-state index contributed by atoms with van der Waals surface area (Å²) in [5, 5.41) is 13.6. The van der Waals surface area contributed by atoms with Gasteiger partial charge in [-0.1, -0.05) is 35.9 Å². The van der Waals surface area contributed by atoms with Crippen LogP contribution in [0.15, 0.2) is 77.7 Å². The van der Waals surface area contributed by atoms with Gasteiger partial charge >= 0.3 is 0 Å². The molecule has 9 nitrogen and oxygen atoms in total. The highest BCUT2D eigenvalue weighted by atomic mass is 35.5. The second-order valence-electron chi connectivity index (χ2n) is 7.61. The fourth-order valence-corrected chi connectivity index (χ4v) is 4.23. The van der Waals surface area contributed by atoms with Crippen LogP contribution in [0.3, 0.4) is 0 Å². The van der Waals surface area contributed by atoms with Crippen LogP contribution in [0.2, 0.25) is 5.02 Å². The Morgan fingerprint density at radius 2 is 1.81 bits per heavy atom. The van der Waals surface area contributed by atoms with Gasteiger partial charge in [0.2, 0.25) is 0 Å². The summed E-state index contributed by atoms with van der Waals surface area (Å²) in [6.45, 7) is -0.219. The fourth-order valence-electron chi connectivity index (χ4n) is 3.27. The Bertz CT molecular complexity index is 1360. The molecule has 0 bridgehead atoms. The molecule has 1 saturated heterocycles. The second kappa shape index (κ2) is 11.1. The lowest BCUT2D eigenvalue weighted by Crippen LogP contribution is -2.27. The Hall–Kier alpha value is -4.15. The summed E-state index contributed by atoms with van der Waals surface area (Å²) in [5.41, 5.74) is 1.73. The number of anilines is 1. The van der Waals surface area contributed by atoms with Crippen LogP contribution in [-0.4, -0.2) is 33.5 Å². The van der Waals surface area contributed by atoms with Crippen molar-refractivity contribution >= 4 is 57.9 Å². The Morgan fingerprint density at radius 3 is 2.50 bits per heavy atom. The van der Waals surface area contributed by atoms with E-state index in [0.29, 0.717) is 27.6 Å². The van der Waals surface area contributed by atoms with Crippen molar-refractivity contribution in [2.24, 2.45) is 0 Å². The van der Waals surface area contributed by atoms with E-state index >= 15 is 0 Å². The molecule has 11 heteroatoms. The Morgan fingerprint density at radius 1 is 1.08 bits per heavy atom. The van der Waals surface area contributed by atoms with Crippen LogP contribution in [0.4, 0.5) is 16.2 Å². The van der Waals surface area contributed by atoms with Gasteiger partial charge in [-0.05, 0) is 65.4 Å². The first-order valence-corrected chi connectivity index (χ1v) is 11.7. The number of hydrogen-bond acceptors (Lipinski definition) is 7. The molecule has 0 aliphatic carbocycles. The van der Waals surface area contributed by atoms with Crippen LogP contribution in [0.1, 0.15) is 11.1 Å². The smallest absolute Gasteiger partial charge is 0.293 e. The Kier molecular flexibility index (Phi) is 7.67. The van der Waals surface area contributed by atoms with Gasteiger partial charge in [0.15, 0.2) is 6.61 Å². The number of imide groups is 1. The minimum atomic E-state index is -0.517. The van der Waals surface area contributed by atoms with Gasteiger partial charge < -0.3 is 10.1 Å². The molecule has 0 radical (unpaired) electrons. The fraction of sp³-hybridized carbons (Fsp3) is 0.0800. The first-order chi connectivity index (χ1) is 17.3. The lowest BCUT2D eigenvalue weighted by molar-refractivity contribution is -0.384. The standard InChI is InChI=1S/C25H18ClN3O6S/c26-18-6-8-19(9-7-18)27-23(30)15-35-21-3-1-2-17(12-21)13-22-24(31)28(25(32)36-22)14-16-4-10-20(11-5-16)29(33)34/h1-13H,14-15H2,(H,27,30)/b22-13-. The highest BCUT2D eigenvalue weighted by Crippen LogP contribution is 2.34. The van der Waals surface area contributed by atoms with Gasteiger partial charge in [0.1, 0.15) is 5.75 Å². The van der Waals surface area contributed by atoms with E-state index in [2.05, 4.69) is 5.32 Å². The number of ether oxygens (including phenoxy) is 1. The van der Waals surface area contributed by atoms with Crippen LogP contribution in [-0.2, 0) is 16.1 Å². The molecule has 1 heterocycles. The number of hydrogen-bond donors (Lipinski definition) is 1. The number of carbonyl (C=O) groups is 3. The third kappa shape index (κ3) is 6.29. The van der Waals surface area contributed by atoms with Gasteiger partial charge in [0, 0.05) is 22.8 Å². The predicted molar refractivity (Wildman–Crippen MR) is 137 cm³/mol. The van der Waals surface area contributed by atoms with E-state index < -0.39 is 16.1 Å². The maximum absolute atomic E-state index is 12.8. The number of carbonyl (C=O) groups excluding carboxylic acids is 3. The average Bonchev–Trinajstić information content (AvgIpc) is 3.12. The summed E-state index contributed by atoms with van der Waals surface area (Å²) in [5.74, 6) is -0.396. The maximum atomic E-state index is 12.8. The minimum Gasteiger partial charge on any atom is -0.484 e. The predicted octanol–water partition coefficient (Wildman–Crippen LogP) is 5.50. The van der Waals surface area contributed by atoms with Gasteiger partial charge in [-0.25, -0.2) is 0 Å². The summed E-state index contributed by atoms with van der Waals surface area (Å²) in [7, 11) is 0. The molecule has 3 aromatic rings. The van der Waals surface area contributed by atoms with Crippen molar-refractivity contribution in [2.75, 3.05) is 11.9 Å². The van der Waals surface area contributed by atoms with Gasteiger partial charge in [-0.2, -0.15) is 0 Å². The first-order valence-electron chi connectivity index (χ1n) is 10.6. The molecule has 182 valence electrons. The van der Waals surface area contributed by atoms with E-state index in [-0.39, 0.29) is 29.7 Å². The molecule has 36 heavy (non-hydrogen) atoms. The molecule has 0 atom stereocenters. The number of rotatable bonds is 8. The number of non-ortho nitro benzene ring substituents is 1. The van der Waals surface area contributed by atoms with Gasteiger partial charge in [-0.3, -0.25) is 29.4 Å². The zero-order valence-corrected chi connectivity index (χ0v) is 20.1. The van der Waals surface area contributed by atoms with Gasteiger partial charge in [0.05, 0.1) is 16.4 Å². The van der Waals surface area contributed by atoms with Crippen molar-refractivity contribution in [3.05, 3.63) is 104 Å². The molecule has 0 saturated carbocycles. The zero-order valence-electron chi connectivity index (χ0n) is 18.5. The molecule has 1 fully saturated rings. The van der Waals surface area contributed by atoms with Crippen molar-refractivity contribution < 1.29 is 24.0 Å². The molecule has 0 aromatic heterocycles. The molecule has 3 amide bonds. The van der Waals surface area contributed by atoms with Gasteiger partial charge in [-0.15, -0.1) is 0 Å². The van der Waals surface area contributed by atoms with Crippen molar-refractivity contribution in [1.82, 2.24) is 4.90 Å².